The van der Waals surface area contributed by atoms with Gasteiger partial charge in [-0.3, -0.25) is 19.5 Å². The molecule has 2 aromatic carbocycles. The number of rotatable bonds is 4. The molecule has 0 aliphatic carbocycles. The van der Waals surface area contributed by atoms with Gasteiger partial charge in [0, 0.05) is 25.1 Å². The summed E-state index contributed by atoms with van der Waals surface area (Å²) in [5.74, 6) is 0.196. The topological polar surface area (TPSA) is 104 Å². The number of fused-ring (bicyclic) bond motifs is 2. The van der Waals surface area contributed by atoms with Crippen LogP contribution in [-0.2, 0) is 24.3 Å². The SMILES string of the molecule is O=C(OCc1ccc([N+](=O)[O-])cc1)c1ccc2c(=O)n3c(nc2c1)CCC3. The van der Waals surface area contributed by atoms with Crippen LogP contribution in [0.5, 0.6) is 0 Å². The van der Waals surface area contributed by atoms with Crippen molar-refractivity contribution >= 4 is 22.6 Å². The second kappa shape index (κ2) is 6.64. The number of non-ortho nitro benzene ring substituents is 1. The van der Waals surface area contributed by atoms with Gasteiger partial charge >= 0.3 is 5.97 Å². The molecule has 0 amide bonds. The number of nitro benzene ring substituents is 1. The highest BCUT2D eigenvalue weighted by Gasteiger charge is 2.17. The minimum atomic E-state index is -0.544. The molecule has 27 heavy (non-hydrogen) atoms. The van der Waals surface area contributed by atoms with E-state index >= 15 is 0 Å². The minimum Gasteiger partial charge on any atom is -0.457 e. The predicted molar refractivity (Wildman–Crippen MR) is 96.5 cm³/mol. The maximum absolute atomic E-state index is 12.4. The van der Waals surface area contributed by atoms with Crippen molar-refractivity contribution in [3.05, 3.63) is 79.9 Å². The molecule has 8 nitrogen and oxygen atoms in total. The minimum absolute atomic E-state index is 0.00482. The zero-order valence-corrected chi connectivity index (χ0v) is 14.3. The largest absolute Gasteiger partial charge is 0.457 e. The quantitative estimate of drug-likeness (QED) is 0.400. The molecule has 0 N–H and O–H groups in total. The molecule has 0 atom stereocenters. The van der Waals surface area contributed by atoms with Gasteiger partial charge in [0.15, 0.2) is 0 Å². The van der Waals surface area contributed by atoms with E-state index < -0.39 is 10.9 Å². The summed E-state index contributed by atoms with van der Waals surface area (Å²) in [7, 11) is 0. The summed E-state index contributed by atoms with van der Waals surface area (Å²) in [6, 6.07) is 10.5. The van der Waals surface area contributed by atoms with E-state index in [1.54, 1.807) is 22.8 Å². The summed E-state index contributed by atoms with van der Waals surface area (Å²) >= 11 is 0. The number of hydrogen-bond acceptors (Lipinski definition) is 6. The van der Waals surface area contributed by atoms with Crippen molar-refractivity contribution in [3.8, 4) is 0 Å². The number of carbonyl (C=O) groups is 1. The number of hydrogen-bond donors (Lipinski definition) is 0. The number of ether oxygens (including phenoxy) is 1. The van der Waals surface area contributed by atoms with E-state index in [0.717, 1.165) is 18.7 Å². The Morgan fingerprint density at radius 2 is 2.00 bits per heavy atom. The molecule has 0 fully saturated rings. The summed E-state index contributed by atoms with van der Waals surface area (Å²) in [5, 5.41) is 11.1. The summed E-state index contributed by atoms with van der Waals surface area (Å²) in [6.07, 6.45) is 1.64. The van der Waals surface area contributed by atoms with Crippen molar-refractivity contribution < 1.29 is 14.5 Å². The van der Waals surface area contributed by atoms with Gasteiger partial charge in [-0.05, 0) is 42.3 Å². The molecule has 1 aliphatic rings. The molecule has 3 aromatic rings. The van der Waals surface area contributed by atoms with Crippen LogP contribution < -0.4 is 5.56 Å². The second-order valence-corrected chi connectivity index (χ2v) is 6.32. The highest BCUT2D eigenvalue weighted by molar-refractivity contribution is 5.94. The van der Waals surface area contributed by atoms with Gasteiger partial charge in [-0.2, -0.15) is 0 Å². The van der Waals surface area contributed by atoms with Gasteiger partial charge in [0.25, 0.3) is 11.2 Å². The molecule has 1 aliphatic heterocycles. The van der Waals surface area contributed by atoms with Gasteiger partial charge in [0.2, 0.25) is 0 Å². The zero-order valence-electron chi connectivity index (χ0n) is 14.3. The van der Waals surface area contributed by atoms with Crippen LogP contribution in [0.25, 0.3) is 10.9 Å². The van der Waals surface area contributed by atoms with Crippen molar-refractivity contribution in [1.82, 2.24) is 9.55 Å². The maximum atomic E-state index is 12.4. The van der Waals surface area contributed by atoms with E-state index in [4.69, 9.17) is 4.74 Å². The Balaban J connectivity index is 1.53. The predicted octanol–water partition coefficient (Wildman–Crippen LogP) is 2.61. The van der Waals surface area contributed by atoms with Crippen LogP contribution in [0.1, 0.15) is 28.2 Å². The van der Waals surface area contributed by atoms with E-state index in [2.05, 4.69) is 4.98 Å². The van der Waals surface area contributed by atoms with E-state index in [0.29, 0.717) is 28.6 Å². The third-order valence-electron chi connectivity index (χ3n) is 4.57. The van der Waals surface area contributed by atoms with Gasteiger partial charge in [-0.1, -0.05) is 0 Å². The number of carbonyl (C=O) groups excluding carboxylic acids is 1. The molecule has 0 saturated heterocycles. The molecule has 2 heterocycles. The van der Waals surface area contributed by atoms with Crippen LogP contribution in [0.4, 0.5) is 5.69 Å². The smallest absolute Gasteiger partial charge is 0.338 e. The Kier molecular flexibility index (Phi) is 4.15. The highest BCUT2D eigenvalue weighted by atomic mass is 16.6. The van der Waals surface area contributed by atoms with E-state index in [-0.39, 0.29) is 17.9 Å². The molecule has 0 bridgehead atoms. The Hall–Kier alpha value is -3.55. The Labute approximate surface area is 153 Å². The van der Waals surface area contributed by atoms with Gasteiger partial charge in [0.05, 0.1) is 21.4 Å². The molecular weight excluding hydrogens is 350 g/mol. The molecule has 1 aromatic heterocycles. The zero-order chi connectivity index (χ0) is 19.0. The van der Waals surface area contributed by atoms with Crippen molar-refractivity contribution in [2.75, 3.05) is 0 Å². The van der Waals surface area contributed by atoms with E-state index in [1.807, 2.05) is 0 Å². The second-order valence-electron chi connectivity index (χ2n) is 6.32. The number of benzene rings is 2. The number of esters is 1. The lowest BCUT2D eigenvalue weighted by molar-refractivity contribution is -0.384. The monoisotopic (exact) mass is 365 g/mol. The van der Waals surface area contributed by atoms with Crippen molar-refractivity contribution in [2.45, 2.75) is 26.0 Å². The Morgan fingerprint density at radius 1 is 1.22 bits per heavy atom. The fourth-order valence-corrected chi connectivity index (χ4v) is 3.16. The maximum Gasteiger partial charge on any atom is 0.338 e. The first-order valence-electron chi connectivity index (χ1n) is 8.47. The lowest BCUT2D eigenvalue weighted by Crippen LogP contribution is -2.21. The third-order valence-corrected chi connectivity index (χ3v) is 4.57. The Bertz CT molecular complexity index is 1120. The average Bonchev–Trinajstić information content (AvgIpc) is 3.15. The molecule has 136 valence electrons. The molecule has 0 unspecified atom stereocenters. The molecular formula is C19H15N3O5. The lowest BCUT2D eigenvalue weighted by atomic mass is 10.1. The van der Waals surface area contributed by atoms with Crippen molar-refractivity contribution in [1.29, 1.82) is 0 Å². The fourth-order valence-electron chi connectivity index (χ4n) is 3.16. The van der Waals surface area contributed by atoms with Gasteiger partial charge in [-0.15, -0.1) is 0 Å². The molecule has 4 rings (SSSR count). The number of aromatic nitrogens is 2. The summed E-state index contributed by atoms with van der Waals surface area (Å²) in [6.45, 7) is 0.672. The summed E-state index contributed by atoms with van der Waals surface area (Å²) < 4.78 is 6.94. The molecule has 8 heteroatoms. The first-order valence-corrected chi connectivity index (χ1v) is 8.47. The fraction of sp³-hybridized carbons (Fsp3) is 0.211. The van der Waals surface area contributed by atoms with Crippen molar-refractivity contribution in [2.24, 2.45) is 0 Å². The molecule has 0 spiro atoms. The van der Waals surface area contributed by atoms with Gasteiger partial charge in [-0.25, -0.2) is 9.78 Å². The van der Waals surface area contributed by atoms with Crippen molar-refractivity contribution in [3.63, 3.8) is 0 Å². The van der Waals surface area contributed by atoms with Crippen LogP contribution in [0.3, 0.4) is 0 Å². The van der Waals surface area contributed by atoms with Crippen LogP contribution >= 0.6 is 0 Å². The third kappa shape index (κ3) is 3.17. The normalized spacial score (nSPS) is 12.7. The van der Waals surface area contributed by atoms with Gasteiger partial charge < -0.3 is 4.74 Å². The average molecular weight is 365 g/mol. The Morgan fingerprint density at radius 3 is 2.74 bits per heavy atom. The first kappa shape index (κ1) is 16.9. The number of nitrogens with zero attached hydrogens (tertiary/aromatic N) is 3. The summed E-state index contributed by atoms with van der Waals surface area (Å²) in [5.41, 5.74) is 1.32. The molecule has 0 saturated carbocycles. The van der Waals surface area contributed by atoms with Gasteiger partial charge in [0.1, 0.15) is 12.4 Å². The van der Waals surface area contributed by atoms with Crippen LogP contribution in [-0.4, -0.2) is 20.4 Å². The number of aryl methyl sites for hydroxylation is 1. The highest BCUT2D eigenvalue weighted by Crippen LogP contribution is 2.17. The lowest BCUT2D eigenvalue weighted by Gasteiger charge is -2.08. The van der Waals surface area contributed by atoms with E-state index in [1.165, 1.54) is 24.3 Å². The van der Waals surface area contributed by atoms with Crippen LogP contribution in [0, 0.1) is 10.1 Å². The molecule has 0 radical (unpaired) electrons. The van der Waals surface area contributed by atoms with Crippen LogP contribution in [0.2, 0.25) is 0 Å². The standard InChI is InChI=1S/C19H15N3O5/c23-18-15-8-5-13(10-16(15)20-17-2-1-9-21(17)18)19(24)27-11-12-3-6-14(7-4-12)22(25)26/h3-8,10H,1-2,9,11H2. The summed E-state index contributed by atoms with van der Waals surface area (Å²) in [4.78, 5) is 39.4. The van der Waals surface area contributed by atoms with Crippen LogP contribution in [0.15, 0.2) is 47.3 Å². The van der Waals surface area contributed by atoms with E-state index in [9.17, 15) is 19.7 Å². The number of nitro groups is 1. The first-order chi connectivity index (χ1) is 13.0.